The van der Waals surface area contributed by atoms with Crippen molar-refractivity contribution < 1.29 is 14.6 Å². The van der Waals surface area contributed by atoms with E-state index in [-0.39, 0.29) is 6.61 Å². The molecule has 1 heterocycles. The van der Waals surface area contributed by atoms with Gasteiger partial charge < -0.3 is 19.1 Å². The van der Waals surface area contributed by atoms with E-state index in [9.17, 15) is 5.11 Å². The molecule has 33 heavy (non-hydrogen) atoms. The SMILES string of the molecule is CCCCOc1ccc2c(c1)c(C)c(-c1ccc(OC)cc1)n2Cc1ccc(CCO)cc1. The minimum atomic E-state index is 0.172. The number of methoxy groups -OCH3 is 1. The van der Waals surface area contributed by atoms with E-state index in [0.29, 0.717) is 6.42 Å². The van der Waals surface area contributed by atoms with Gasteiger partial charge in [0.25, 0.3) is 0 Å². The first kappa shape index (κ1) is 22.9. The number of aliphatic hydroxyl groups excluding tert-OH is 1. The quantitative estimate of drug-likeness (QED) is 0.289. The minimum absolute atomic E-state index is 0.172. The van der Waals surface area contributed by atoms with Crippen molar-refractivity contribution in [3.05, 3.63) is 83.4 Å². The van der Waals surface area contributed by atoms with E-state index in [1.54, 1.807) is 7.11 Å². The van der Waals surface area contributed by atoms with Gasteiger partial charge in [0.15, 0.2) is 0 Å². The van der Waals surface area contributed by atoms with Gasteiger partial charge >= 0.3 is 0 Å². The predicted octanol–water partition coefficient (Wildman–Crippen LogP) is 6.39. The van der Waals surface area contributed by atoms with E-state index in [1.165, 1.54) is 27.7 Å². The fraction of sp³-hybridized carbons (Fsp3) is 0.310. The van der Waals surface area contributed by atoms with Crippen LogP contribution in [-0.2, 0) is 13.0 Å². The zero-order chi connectivity index (χ0) is 23.2. The number of aliphatic hydroxyl groups is 1. The molecule has 4 aromatic rings. The third-order valence-electron chi connectivity index (χ3n) is 6.18. The largest absolute Gasteiger partial charge is 0.497 e. The number of ether oxygens (including phenoxy) is 2. The predicted molar refractivity (Wildman–Crippen MR) is 135 cm³/mol. The molecule has 0 saturated carbocycles. The average Bonchev–Trinajstić information content (AvgIpc) is 3.11. The van der Waals surface area contributed by atoms with Gasteiger partial charge in [-0.15, -0.1) is 0 Å². The van der Waals surface area contributed by atoms with Crippen LogP contribution in [0.5, 0.6) is 11.5 Å². The van der Waals surface area contributed by atoms with E-state index < -0.39 is 0 Å². The van der Waals surface area contributed by atoms with E-state index in [1.807, 2.05) is 12.1 Å². The normalized spacial score (nSPS) is 11.2. The van der Waals surface area contributed by atoms with Crippen molar-refractivity contribution in [2.24, 2.45) is 0 Å². The number of rotatable bonds is 10. The fourth-order valence-corrected chi connectivity index (χ4v) is 4.33. The Labute approximate surface area is 196 Å². The lowest BCUT2D eigenvalue weighted by molar-refractivity contribution is 0.299. The Bertz CT molecular complexity index is 1190. The van der Waals surface area contributed by atoms with Gasteiger partial charge in [0.05, 0.1) is 19.4 Å². The molecular formula is C29H33NO3. The number of fused-ring (bicyclic) bond motifs is 1. The molecule has 0 unspecified atom stereocenters. The molecule has 0 radical (unpaired) electrons. The molecule has 1 N–H and O–H groups in total. The van der Waals surface area contributed by atoms with Crippen molar-refractivity contribution in [1.82, 2.24) is 4.57 Å². The summed E-state index contributed by atoms with van der Waals surface area (Å²) in [4.78, 5) is 0. The summed E-state index contributed by atoms with van der Waals surface area (Å²) in [6.45, 7) is 6.05. The summed E-state index contributed by atoms with van der Waals surface area (Å²) in [6, 6.07) is 23.2. The molecular weight excluding hydrogens is 410 g/mol. The lowest BCUT2D eigenvalue weighted by atomic mass is 10.1. The summed E-state index contributed by atoms with van der Waals surface area (Å²) in [5, 5.41) is 10.4. The summed E-state index contributed by atoms with van der Waals surface area (Å²) < 4.78 is 13.8. The summed E-state index contributed by atoms with van der Waals surface area (Å²) >= 11 is 0. The van der Waals surface area contributed by atoms with Gasteiger partial charge in [0.1, 0.15) is 11.5 Å². The van der Waals surface area contributed by atoms with Crippen LogP contribution >= 0.6 is 0 Å². The molecule has 0 aliphatic carbocycles. The number of unbranched alkanes of at least 4 members (excludes halogenated alkanes) is 1. The highest BCUT2D eigenvalue weighted by molar-refractivity contribution is 5.92. The van der Waals surface area contributed by atoms with Crippen molar-refractivity contribution in [3.8, 4) is 22.8 Å². The molecule has 4 nitrogen and oxygen atoms in total. The van der Waals surface area contributed by atoms with Crippen molar-refractivity contribution in [2.45, 2.75) is 39.7 Å². The Morgan fingerprint density at radius 1 is 0.879 bits per heavy atom. The Kier molecular flexibility index (Phi) is 7.36. The van der Waals surface area contributed by atoms with Gasteiger partial charge in [-0.3, -0.25) is 0 Å². The monoisotopic (exact) mass is 443 g/mol. The highest BCUT2D eigenvalue weighted by atomic mass is 16.5. The van der Waals surface area contributed by atoms with E-state index in [0.717, 1.165) is 48.6 Å². The molecule has 4 heteroatoms. The molecule has 1 aromatic heterocycles. The molecule has 0 amide bonds. The topological polar surface area (TPSA) is 43.6 Å². The zero-order valence-corrected chi connectivity index (χ0v) is 19.8. The first-order valence-electron chi connectivity index (χ1n) is 11.7. The molecule has 0 bridgehead atoms. The van der Waals surface area contributed by atoms with Gasteiger partial charge in [0, 0.05) is 24.1 Å². The smallest absolute Gasteiger partial charge is 0.120 e. The summed E-state index contributed by atoms with van der Waals surface area (Å²) in [5.74, 6) is 1.77. The van der Waals surface area contributed by atoms with Crippen molar-refractivity contribution in [3.63, 3.8) is 0 Å². The van der Waals surface area contributed by atoms with Gasteiger partial charge in [0.2, 0.25) is 0 Å². The van der Waals surface area contributed by atoms with Crippen molar-refractivity contribution >= 4 is 10.9 Å². The van der Waals surface area contributed by atoms with Gasteiger partial charge in [-0.2, -0.15) is 0 Å². The number of hydrogen-bond acceptors (Lipinski definition) is 3. The number of benzene rings is 3. The van der Waals surface area contributed by atoms with Crippen molar-refractivity contribution in [2.75, 3.05) is 20.3 Å². The van der Waals surface area contributed by atoms with Crippen LogP contribution in [0.2, 0.25) is 0 Å². The molecule has 0 fully saturated rings. The minimum Gasteiger partial charge on any atom is -0.497 e. The maximum Gasteiger partial charge on any atom is 0.120 e. The van der Waals surface area contributed by atoms with E-state index in [4.69, 9.17) is 9.47 Å². The van der Waals surface area contributed by atoms with Crippen LogP contribution in [0, 0.1) is 6.92 Å². The van der Waals surface area contributed by atoms with Crippen molar-refractivity contribution in [1.29, 1.82) is 0 Å². The lowest BCUT2D eigenvalue weighted by Gasteiger charge is -2.13. The molecule has 0 atom stereocenters. The second-order valence-corrected chi connectivity index (χ2v) is 8.46. The lowest BCUT2D eigenvalue weighted by Crippen LogP contribution is -2.03. The Morgan fingerprint density at radius 3 is 2.24 bits per heavy atom. The van der Waals surface area contributed by atoms with Gasteiger partial charge in [-0.1, -0.05) is 37.6 Å². The first-order chi connectivity index (χ1) is 16.1. The van der Waals surface area contributed by atoms with Crippen LogP contribution in [0.3, 0.4) is 0 Å². The molecule has 0 spiro atoms. The molecule has 0 aliphatic rings. The van der Waals surface area contributed by atoms with Crippen LogP contribution in [0.25, 0.3) is 22.2 Å². The number of hydrogen-bond donors (Lipinski definition) is 1. The second-order valence-electron chi connectivity index (χ2n) is 8.46. The molecule has 3 aromatic carbocycles. The number of aromatic nitrogens is 1. The van der Waals surface area contributed by atoms with E-state index in [2.05, 4.69) is 73.0 Å². The number of aryl methyl sites for hydroxylation is 1. The Balaban J connectivity index is 1.78. The third kappa shape index (κ3) is 5.07. The summed E-state index contributed by atoms with van der Waals surface area (Å²) in [7, 11) is 1.69. The molecule has 0 aliphatic heterocycles. The van der Waals surface area contributed by atoms with Crippen LogP contribution in [0.15, 0.2) is 66.7 Å². The Hall–Kier alpha value is -3.24. The standard InChI is InChI=1S/C29H33NO3/c1-4-5-18-33-26-14-15-28-27(19-26)21(2)29(24-10-12-25(32-3)13-11-24)30(28)20-23-8-6-22(7-9-23)16-17-31/h6-15,19,31H,4-5,16-18,20H2,1-3H3. The molecule has 0 saturated heterocycles. The highest BCUT2D eigenvalue weighted by Gasteiger charge is 2.17. The molecule has 172 valence electrons. The maximum absolute atomic E-state index is 9.21. The average molecular weight is 444 g/mol. The summed E-state index contributed by atoms with van der Waals surface area (Å²) in [5.41, 5.74) is 7.19. The second kappa shape index (κ2) is 10.6. The van der Waals surface area contributed by atoms with Crippen LogP contribution in [0.4, 0.5) is 0 Å². The maximum atomic E-state index is 9.21. The van der Waals surface area contributed by atoms with Gasteiger partial charge in [-0.25, -0.2) is 0 Å². The van der Waals surface area contributed by atoms with Gasteiger partial charge in [-0.05, 0) is 84.5 Å². The third-order valence-corrected chi connectivity index (χ3v) is 6.18. The molecule has 4 rings (SSSR count). The first-order valence-corrected chi connectivity index (χ1v) is 11.7. The Morgan fingerprint density at radius 2 is 1.58 bits per heavy atom. The fourth-order valence-electron chi connectivity index (χ4n) is 4.33. The van der Waals surface area contributed by atoms with Crippen LogP contribution in [-0.4, -0.2) is 30.0 Å². The van der Waals surface area contributed by atoms with Crippen LogP contribution in [0.1, 0.15) is 36.5 Å². The highest BCUT2D eigenvalue weighted by Crippen LogP contribution is 2.36. The van der Waals surface area contributed by atoms with E-state index >= 15 is 0 Å². The van der Waals surface area contributed by atoms with Crippen LogP contribution < -0.4 is 9.47 Å². The number of nitrogens with zero attached hydrogens (tertiary/aromatic N) is 1. The zero-order valence-electron chi connectivity index (χ0n) is 19.8. The summed E-state index contributed by atoms with van der Waals surface area (Å²) in [6.07, 6.45) is 2.86.